The van der Waals surface area contributed by atoms with Crippen LogP contribution in [0.5, 0.6) is 0 Å². The Morgan fingerprint density at radius 2 is 2.05 bits per heavy atom. The van der Waals surface area contributed by atoms with Crippen LogP contribution in [-0.2, 0) is 4.79 Å². The Bertz CT molecular complexity index is 438. The van der Waals surface area contributed by atoms with E-state index in [-0.39, 0.29) is 11.3 Å². The first kappa shape index (κ1) is 15.0. The highest BCUT2D eigenvalue weighted by Gasteiger charge is 2.46. The molecule has 3 heteroatoms. The third kappa shape index (κ3) is 3.21. The lowest BCUT2D eigenvalue weighted by atomic mass is 9.62. The van der Waals surface area contributed by atoms with Gasteiger partial charge in [-0.2, -0.15) is 0 Å². The van der Waals surface area contributed by atoms with Gasteiger partial charge in [0.2, 0.25) is 5.91 Å². The standard InChI is InChI=1S/C17H26N2O/c1-13-10-17(11-13,12-18)16(20)19-9-8-14(2)15-6-4-3-5-7-15/h3-7,13-14H,8-12,18H2,1-2H3,(H,19,20). The monoisotopic (exact) mass is 274 g/mol. The Morgan fingerprint density at radius 3 is 2.60 bits per heavy atom. The molecule has 1 aliphatic carbocycles. The Labute approximate surface area is 121 Å². The van der Waals surface area contributed by atoms with Crippen LogP contribution in [0, 0.1) is 11.3 Å². The van der Waals surface area contributed by atoms with Gasteiger partial charge in [0.05, 0.1) is 5.41 Å². The van der Waals surface area contributed by atoms with Gasteiger partial charge in [-0.15, -0.1) is 0 Å². The predicted molar refractivity (Wildman–Crippen MR) is 82.4 cm³/mol. The van der Waals surface area contributed by atoms with Gasteiger partial charge in [0, 0.05) is 13.1 Å². The minimum absolute atomic E-state index is 0.151. The molecule has 0 saturated heterocycles. The van der Waals surface area contributed by atoms with Crippen LogP contribution in [0.15, 0.2) is 30.3 Å². The number of nitrogens with one attached hydrogen (secondary N) is 1. The highest BCUT2D eigenvalue weighted by molar-refractivity contribution is 5.83. The second-order valence-electron chi connectivity index (χ2n) is 6.35. The Hall–Kier alpha value is -1.35. The third-order valence-electron chi connectivity index (χ3n) is 4.58. The number of carbonyl (C=O) groups excluding carboxylic acids is 1. The van der Waals surface area contributed by atoms with Crippen molar-refractivity contribution >= 4 is 5.91 Å². The molecule has 1 amide bonds. The summed E-state index contributed by atoms with van der Waals surface area (Å²) in [5, 5.41) is 3.08. The van der Waals surface area contributed by atoms with Gasteiger partial charge in [-0.25, -0.2) is 0 Å². The van der Waals surface area contributed by atoms with Crippen LogP contribution >= 0.6 is 0 Å². The van der Waals surface area contributed by atoms with Gasteiger partial charge in [0.15, 0.2) is 0 Å². The molecule has 1 aliphatic rings. The van der Waals surface area contributed by atoms with Gasteiger partial charge in [-0.1, -0.05) is 44.2 Å². The van der Waals surface area contributed by atoms with Crippen molar-refractivity contribution in [3.63, 3.8) is 0 Å². The fourth-order valence-corrected chi connectivity index (χ4v) is 3.26. The molecular formula is C17H26N2O. The van der Waals surface area contributed by atoms with Gasteiger partial charge in [0.25, 0.3) is 0 Å². The molecular weight excluding hydrogens is 248 g/mol. The third-order valence-corrected chi connectivity index (χ3v) is 4.58. The summed E-state index contributed by atoms with van der Waals surface area (Å²) in [5.74, 6) is 1.25. The van der Waals surface area contributed by atoms with Crippen LogP contribution in [0.1, 0.15) is 44.6 Å². The molecule has 20 heavy (non-hydrogen) atoms. The van der Waals surface area contributed by atoms with E-state index in [4.69, 9.17) is 5.73 Å². The zero-order valence-corrected chi connectivity index (χ0v) is 12.6. The van der Waals surface area contributed by atoms with Crippen LogP contribution in [0.2, 0.25) is 0 Å². The topological polar surface area (TPSA) is 55.1 Å². The molecule has 0 bridgehead atoms. The smallest absolute Gasteiger partial charge is 0.227 e. The van der Waals surface area contributed by atoms with Gasteiger partial charge in [-0.05, 0) is 36.7 Å². The molecule has 3 nitrogen and oxygen atoms in total. The fraction of sp³-hybridized carbons (Fsp3) is 0.588. The molecule has 3 N–H and O–H groups in total. The number of amides is 1. The zero-order chi connectivity index (χ0) is 14.6. The van der Waals surface area contributed by atoms with Gasteiger partial charge in [-0.3, -0.25) is 4.79 Å². The molecule has 1 aromatic rings. The van der Waals surface area contributed by atoms with Crippen LogP contribution in [0.4, 0.5) is 0 Å². The highest BCUT2D eigenvalue weighted by Crippen LogP contribution is 2.44. The lowest BCUT2D eigenvalue weighted by molar-refractivity contribution is -0.138. The molecule has 0 radical (unpaired) electrons. The Balaban J connectivity index is 1.77. The van der Waals surface area contributed by atoms with E-state index in [1.54, 1.807) is 0 Å². The van der Waals surface area contributed by atoms with Gasteiger partial charge >= 0.3 is 0 Å². The minimum atomic E-state index is -0.282. The molecule has 1 aromatic carbocycles. The van der Waals surface area contributed by atoms with E-state index >= 15 is 0 Å². The molecule has 0 spiro atoms. The summed E-state index contributed by atoms with van der Waals surface area (Å²) in [4.78, 5) is 12.3. The summed E-state index contributed by atoms with van der Waals surface area (Å²) < 4.78 is 0. The molecule has 110 valence electrons. The van der Waals surface area contributed by atoms with Crippen molar-refractivity contribution in [3.8, 4) is 0 Å². The van der Waals surface area contributed by atoms with Gasteiger partial charge < -0.3 is 11.1 Å². The molecule has 1 fully saturated rings. The second-order valence-corrected chi connectivity index (χ2v) is 6.35. The SMILES string of the molecule is CC1CC(CN)(C(=O)NCCC(C)c2ccccc2)C1. The van der Waals surface area contributed by atoms with E-state index in [2.05, 4.69) is 43.4 Å². The van der Waals surface area contributed by atoms with E-state index in [1.165, 1.54) is 5.56 Å². The van der Waals surface area contributed by atoms with E-state index < -0.39 is 0 Å². The van der Waals surface area contributed by atoms with Crippen LogP contribution in [0.3, 0.4) is 0 Å². The lowest BCUT2D eigenvalue weighted by Gasteiger charge is -2.44. The second kappa shape index (κ2) is 6.40. The molecule has 2 rings (SSSR count). The molecule has 0 heterocycles. The summed E-state index contributed by atoms with van der Waals surface area (Å²) in [6.45, 7) is 5.58. The maximum atomic E-state index is 12.3. The summed E-state index contributed by atoms with van der Waals surface area (Å²) in [7, 11) is 0. The summed E-state index contributed by atoms with van der Waals surface area (Å²) in [6, 6.07) is 10.4. The van der Waals surface area contributed by atoms with Crippen molar-refractivity contribution < 1.29 is 4.79 Å². The number of nitrogens with two attached hydrogens (primary N) is 1. The minimum Gasteiger partial charge on any atom is -0.356 e. The molecule has 0 aliphatic heterocycles. The van der Waals surface area contributed by atoms with E-state index in [0.717, 1.165) is 25.8 Å². The lowest BCUT2D eigenvalue weighted by Crippen LogP contribution is -2.53. The number of hydrogen-bond donors (Lipinski definition) is 2. The Kier molecular flexibility index (Phi) is 4.81. The van der Waals surface area contributed by atoms with Crippen LogP contribution < -0.4 is 11.1 Å². The zero-order valence-electron chi connectivity index (χ0n) is 12.6. The Morgan fingerprint density at radius 1 is 1.40 bits per heavy atom. The van der Waals surface area contributed by atoms with E-state index in [9.17, 15) is 4.79 Å². The first-order chi connectivity index (χ1) is 9.57. The molecule has 1 saturated carbocycles. The summed E-state index contributed by atoms with van der Waals surface area (Å²) >= 11 is 0. The normalized spacial score (nSPS) is 26.6. The molecule has 0 aromatic heterocycles. The van der Waals surface area contributed by atoms with Crippen LogP contribution in [-0.4, -0.2) is 19.0 Å². The van der Waals surface area contributed by atoms with Crippen molar-refractivity contribution in [3.05, 3.63) is 35.9 Å². The van der Waals surface area contributed by atoms with E-state index in [0.29, 0.717) is 18.4 Å². The van der Waals surface area contributed by atoms with Crippen LogP contribution in [0.25, 0.3) is 0 Å². The quantitative estimate of drug-likeness (QED) is 0.838. The molecule has 1 atom stereocenters. The maximum Gasteiger partial charge on any atom is 0.227 e. The average molecular weight is 274 g/mol. The first-order valence-electron chi connectivity index (χ1n) is 7.61. The average Bonchev–Trinajstić information content (AvgIpc) is 2.44. The molecule has 1 unspecified atom stereocenters. The van der Waals surface area contributed by atoms with Crippen molar-refractivity contribution in [2.24, 2.45) is 17.1 Å². The number of carbonyl (C=O) groups is 1. The predicted octanol–water partition coefficient (Wildman–Crippen LogP) is 2.67. The maximum absolute atomic E-state index is 12.3. The first-order valence-corrected chi connectivity index (χ1v) is 7.61. The number of benzene rings is 1. The highest BCUT2D eigenvalue weighted by atomic mass is 16.2. The van der Waals surface area contributed by atoms with Crippen molar-refractivity contribution in [2.45, 2.75) is 39.0 Å². The van der Waals surface area contributed by atoms with Gasteiger partial charge in [0.1, 0.15) is 0 Å². The number of rotatable bonds is 6. The summed E-state index contributed by atoms with van der Waals surface area (Å²) in [6.07, 6.45) is 2.83. The van der Waals surface area contributed by atoms with E-state index in [1.807, 2.05) is 6.07 Å². The number of hydrogen-bond acceptors (Lipinski definition) is 2. The largest absolute Gasteiger partial charge is 0.356 e. The van der Waals surface area contributed by atoms with Crippen molar-refractivity contribution in [2.75, 3.05) is 13.1 Å². The summed E-state index contributed by atoms with van der Waals surface area (Å²) in [5.41, 5.74) is 6.84. The van der Waals surface area contributed by atoms with Crippen molar-refractivity contribution in [1.82, 2.24) is 5.32 Å². The fourth-order valence-electron chi connectivity index (χ4n) is 3.26. The van der Waals surface area contributed by atoms with Crippen molar-refractivity contribution in [1.29, 1.82) is 0 Å².